The Morgan fingerprint density at radius 1 is 0.929 bits per heavy atom. The molecule has 0 saturated carbocycles. The van der Waals surface area contributed by atoms with Crippen LogP contribution in [0.4, 0.5) is 0 Å². The normalized spacial score (nSPS) is 7.79. The minimum atomic E-state index is 1.23. The van der Waals surface area contributed by atoms with Crippen LogP contribution in [0.3, 0.4) is 0 Å². The van der Waals surface area contributed by atoms with E-state index in [1.54, 1.807) is 0 Å². The quantitative estimate of drug-likeness (QED) is 0.448. The van der Waals surface area contributed by atoms with E-state index < -0.39 is 0 Å². The van der Waals surface area contributed by atoms with Gasteiger partial charge in [0.2, 0.25) is 0 Å². The van der Waals surface area contributed by atoms with Gasteiger partial charge in [0.25, 0.3) is 0 Å². The molecule has 0 atom stereocenters. The van der Waals surface area contributed by atoms with E-state index in [9.17, 15) is 0 Å². The third-order valence-electron chi connectivity index (χ3n) is 1.66. The topological polar surface area (TPSA) is 80.9 Å². The number of benzene rings is 1. The van der Waals surface area contributed by atoms with Crippen molar-refractivity contribution in [3.63, 3.8) is 0 Å². The van der Waals surface area contributed by atoms with Crippen molar-refractivity contribution in [1.29, 1.82) is 0 Å². The number of rotatable bonds is 3. The number of aryl methyl sites for hydroxylation is 1. The van der Waals surface area contributed by atoms with Crippen LogP contribution in [0.5, 0.6) is 0 Å². The maximum atomic E-state index is 6.00. The Labute approximate surface area is 83.9 Å². The maximum absolute atomic E-state index is 6.00. The summed E-state index contributed by atoms with van der Waals surface area (Å²) in [5.74, 6) is 0. The Morgan fingerprint density at radius 3 is 1.86 bits per heavy atom. The fourth-order valence-corrected chi connectivity index (χ4v) is 1.03. The van der Waals surface area contributed by atoms with Crippen molar-refractivity contribution in [2.45, 2.75) is 26.2 Å². The molecule has 0 unspecified atom stereocenters. The van der Waals surface area contributed by atoms with Gasteiger partial charge in [0.05, 0.1) is 0 Å². The van der Waals surface area contributed by atoms with Crippen LogP contribution in [0.25, 0.3) is 0 Å². The summed E-state index contributed by atoms with van der Waals surface area (Å²) in [4.78, 5) is 0. The van der Waals surface area contributed by atoms with Crippen molar-refractivity contribution in [3.8, 4) is 0 Å². The van der Waals surface area contributed by atoms with Crippen LogP contribution in [0.15, 0.2) is 30.3 Å². The third-order valence-corrected chi connectivity index (χ3v) is 1.66. The second-order valence-corrected chi connectivity index (χ2v) is 2.59. The van der Waals surface area contributed by atoms with Gasteiger partial charge in [0.1, 0.15) is 0 Å². The Balaban J connectivity index is 0. The fraction of sp³-hybridized carbons (Fsp3) is 0.400. The zero-order chi connectivity index (χ0) is 11.2. The lowest BCUT2D eigenvalue weighted by molar-refractivity contribution is -0.176. The lowest BCUT2D eigenvalue weighted by atomic mass is 10.1. The molecule has 4 nitrogen and oxygen atoms in total. The summed E-state index contributed by atoms with van der Waals surface area (Å²) in [7, 11) is 0. The minimum Gasteiger partial charge on any atom is -0.255 e. The molecule has 0 spiro atoms. The van der Waals surface area contributed by atoms with E-state index in [1.807, 2.05) is 0 Å². The molecule has 4 N–H and O–H groups in total. The van der Waals surface area contributed by atoms with Crippen LogP contribution >= 0.6 is 0 Å². The summed E-state index contributed by atoms with van der Waals surface area (Å²) < 4.78 is 0. The molecule has 4 heteroatoms. The zero-order valence-corrected chi connectivity index (χ0v) is 8.30. The Kier molecular flexibility index (Phi) is 16.2. The lowest BCUT2D eigenvalue weighted by Crippen LogP contribution is -1.81. The van der Waals surface area contributed by atoms with Gasteiger partial charge in [-0.1, -0.05) is 43.7 Å². The highest BCUT2D eigenvalue weighted by atomic mass is 17.0. The second-order valence-electron chi connectivity index (χ2n) is 2.59. The van der Waals surface area contributed by atoms with Crippen LogP contribution in [0.2, 0.25) is 0 Å². The minimum absolute atomic E-state index is 1.23. The number of unbranched alkanes of at least 4 members (excludes halogenated alkanes) is 1. The smallest absolute Gasteiger partial charge is 0.0279 e. The van der Waals surface area contributed by atoms with Gasteiger partial charge in [-0.15, -0.1) is 0 Å². The molecule has 0 heterocycles. The van der Waals surface area contributed by atoms with Crippen molar-refractivity contribution < 1.29 is 21.0 Å². The van der Waals surface area contributed by atoms with E-state index in [4.69, 9.17) is 21.0 Å². The van der Waals surface area contributed by atoms with Gasteiger partial charge < -0.3 is 0 Å². The molecule has 1 aromatic rings. The van der Waals surface area contributed by atoms with E-state index in [0.29, 0.717) is 0 Å². The van der Waals surface area contributed by atoms with Crippen molar-refractivity contribution in [1.82, 2.24) is 0 Å². The monoisotopic (exact) mass is 202 g/mol. The molecule has 0 radical (unpaired) electrons. The van der Waals surface area contributed by atoms with Gasteiger partial charge in [-0.3, -0.25) is 21.0 Å². The summed E-state index contributed by atoms with van der Waals surface area (Å²) in [5.41, 5.74) is 1.46. The highest BCUT2D eigenvalue weighted by Gasteiger charge is 1.87. The predicted octanol–water partition coefficient (Wildman–Crippen LogP) is 3.06. The molecule has 0 bridgehead atoms. The maximum Gasteiger partial charge on any atom is -0.0279 e. The molecular formula is C10H18O4. The van der Waals surface area contributed by atoms with Crippen LogP contribution in [-0.2, 0) is 6.42 Å². The Bertz CT molecular complexity index is 177. The van der Waals surface area contributed by atoms with E-state index in [2.05, 4.69) is 37.3 Å². The Morgan fingerprint density at radius 2 is 1.43 bits per heavy atom. The van der Waals surface area contributed by atoms with Gasteiger partial charge in [-0.25, -0.2) is 0 Å². The molecule has 0 saturated heterocycles. The van der Waals surface area contributed by atoms with Crippen LogP contribution in [-0.4, -0.2) is 21.0 Å². The average molecular weight is 202 g/mol. The molecule has 0 aliphatic heterocycles. The van der Waals surface area contributed by atoms with Crippen molar-refractivity contribution in [2.24, 2.45) is 0 Å². The summed E-state index contributed by atoms with van der Waals surface area (Å²) in [6, 6.07) is 10.6. The van der Waals surface area contributed by atoms with Gasteiger partial charge in [-0.2, -0.15) is 0 Å². The van der Waals surface area contributed by atoms with E-state index >= 15 is 0 Å². The first kappa shape index (κ1) is 15.5. The van der Waals surface area contributed by atoms with Crippen LogP contribution < -0.4 is 0 Å². The molecule has 14 heavy (non-hydrogen) atoms. The van der Waals surface area contributed by atoms with E-state index in [-0.39, 0.29) is 0 Å². The van der Waals surface area contributed by atoms with Crippen molar-refractivity contribution >= 4 is 0 Å². The second kappa shape index (κ2) is 14.6. The predicted molar refractivity (Wildman–Crippen MR) is 55.6 cm³/mol. The molecular weight excluding hydrogens is 184 g/mol. The molecule has 0 fully saturated rings. The molecule has 82 valence electrons. The first-order valence-corrected chi connectivity index (χ1v) is 4.37. The van der Waals surface area contributed by atoms with Crippen LogP contribution in [0.1, 0.15) is 25.3 Å². The molecule has 1 rings (SSSR count). The molecule has 0 aliphatic rings. The first-order chi connectivity index (χ1) is 6.93. The van der Waals surface area contributed by atoms with Crippen molar-refractivity contribution in [2.75, 3.05) is 0 Å². The lowest BCUT2D eigenvalue weighted by Gasteiger charge is -1.96. The summed E-state index contributed by atoms with van der Waals surface area (Å²) in [6.07, 6.45) is 3.83. The largest absolute Gasteiger partial charge is 0.255 e. The summed E-state index contributed by atoms with van der Waals surface area (Å²) in [5, 5.41) is 24.0. The van der Waals surface area contributed by atoms with E-state index in [1.165, 1.54) is 24.8 Å². The first-order valence-electron chi connectivity index (χ1n) is 4.37. The highest BCUT2D eigenvalue weighted by molar-refractivity contribution is 5.14. The summed E-state index contributed by atoms with van der Waals surface area (Å²) >= 11 is 0. The van der Waals surface area contributed by atoms with Gasteiger partial charge in [0.15, 0.2) is 0 Å². The van der Waals surface area contributed by atoms with E-state index in [0.717, 1.165) is 0 Å². The van der Waals surface area contributed by atoms with Gasteiger partial charge in [0, 0.05) is 0 Å². The standard InChI is InChI=1S/C10H14.2H2O2/c1-2-3-7-10-8-5-4-6-9-10;2*1-2/h4-6,8-9H,2-3,7H2,1H3;2*1-2H. The molecule has 0 aromatic heterocycles. The molecule has 0 aliphatic carbocycles. The van der Waals surface area contributed by atoms with Crippen molar-refractivity contribution in [3.05, 3.63) is 35.9 Å². The zero-order valence-electron chi connectivity index (χ0n) is 8.30. The average Bonchev–Trinajstić information content (AvgIpc) is 2.33. The number of hydrogen-bond acceptors (Lipinski definition) is 4. The van der Waals surface area contributed by atoms with Crippen LogP contribution in [0, 0.1) is 0 Å². The third kappa shape index (κ3) is 9.15. The molecule has 1 aromatic carbocycles. The van der Waals surface area contributed by atoms with Gasteiger partial charge in [-0.05, 0) is 18.4 Å². The summed E-state index contributed by atoms with van der Waals surface area (Å²) in [6.45, 7) is 2.23. The molecule has 0 amide bonds. The highest BCUT2D eigenvalue weighted by Crippen LogP contribution is 2.03. The van der Waals surface area contributed by atoms with Gasteiger partial charge >= 0.3 is 0 Å². The number of hydrogen-bond donors (Lipinski definition) is 4. The Hall–Kier alpha value is -0.940. The fourth-order valence-electron chi connectivity index (χ4n) is 1.03. The SMILES string of the molecule is CCCCc1ccccc1.OO.OO.